The van der Waals surface area contributed by atoms with Gasteiger partial charge >= 0.3 is 6.18 Å². The molecule has 2 aromatic rings. The molecule has 0 atom stereocenters. The molecule has 22 heavy (non-hydrogen) atoms. The predicted molar refractivity (Wildman–Crippen MR) is 76.8 cm³/mol. The second-order valence-electron chi connectivity index (χ2n) is 4.35. The summed E-state index contributed by atoms with van der Waals surface area (Å²) in [4.78, 5) is 11.2. The minimum absolute atomic E-state index is 0.264. The lowest BCUT2D eigenvalue weighted by molar-refractivity contribution is -0.137. The molecule has 0 aliphatic heterocycles. The number of hydrogen-bond donors (Lipinski definition) is 1. The maximum Gasteiger partial charge on any atom is 0.416 e. The van der Waals surface area contributed by atoms with Gasteiger partial charge in [-0.05, 0) is 42.5 Å². The van der Waals surface area contributed by atoms with Crippen LogP contribution in [0, 0.1) is 0 Å². The first-order chi connectivity index (χ1) is 10.4. The third kappa shape index (κ3) is 4.12. The van der Waals surface area contributed by atoms with Crippen LogP contribution in [-0.4, -0.2) is 5.91 Å². The Morgan fingerprint density at radius 2 is 1.77 bits per heavy atom. The molecule has 3 nitrogen and oxygen atoms in total. The first-order valence-electron chi connectivity index (χ1n) is 6.27. The van der Waals surface area contributed by atoms with Crippen molar-refractivity contribution in [2.24, 2.45) is 0 Å². The van der Waals surface area contributed by atoms with Crippen molar-refractivity contribution < 1.29 is 22.7 Å². The van der Waals surface area contributed by atoms with Crippen molar-refractivity contribution in [1.29, 1.82) is 0 Å². The second-order valence-corrected chi connectivity index (χ2v) is 4.35. The van der Waals surface area contributed by atoms with Gasteiger partial charge in [0, 0.05) is 11.8 Å². The molecule has 0 saturated carbocycles. The van der Waals surface area contributed by atoms with Gasteiger partial charge in [0.2, 0.25) is 5.91 Å². The summed E-state index contributed by atoms with van der Waals surface area (Å²) in [5.74, 6) is 0.286. The summed E-state index contributed by atoms with van der Waals surface area (Å²) >= 11 is 0. The first-order valence-corrected chi connectivity index (χ1v) is 6.27. The van der Waals surface area contributed by atoms with E-state index in [-0.39, 0.29) is 11.7 Å². The fourth-order valence-corrected chi connectivity index (χ4v) is 1.68. The molecule has 2 aromatic carbocycles. The van der Waals surface area contributed by atoms with Crippen molar-refractivity contribution in [2.75, 3.05) is 5.32 Å². The fraction of sp³-hybridized carbons (Fsp3) is 0.0625. The highest BCUT2D eigenvalue weighted by molar-refractivity contribution is 5.98. The van der Waals surface area contributed by atoms with Crippen LogP contribution in [0.3, 0.4) is 0 Å². The van der Waals surface area contributed by atoms with E-state index in [0.29, 0.717) is 11.4 Å². The van der Waals surface area contributed by atoms with E-state index in [4.69, 9.17) is 4.74 Å². The number of rotatable bonds is 4. The SMILES string of the molecule is C=CC(=O)Nc1cccc(Oc2ccc(C(F)(F)F)cc2)c1. The molecule has 1 amide bonds. The number of halogens is 3. The van der Waals surface area contributed by atoms with Crippen LogP contribution in [-0.2, 0) is 11.0 Å². The van der Waals surface area contributed by atoms with Gasteiger partial charge in [0.15, 0.2) is 0 Å². The molecular formula is C16H12F3NO2. The molecule has 114 valence electrons. The standard InChI is InChI=1S/C16H12F3NO2/c1-2-15(21)20-12-4-3-5-14(10-12)22-13-8-6-11(7-9-13)16(17,18)19/h2-10H,1H2,(H,20,21). The highest BCUT2D eigenvalue weighted by Crippen LogP contribution is 2.31. The summed E-state index contributed by atoms with van der Waals surface area (Å²) in [6.07, 6.45) is -3.25. The fourth-order valence-electron chi connectivity index (χ4n) is 1.68. The van der Waals surface area contributed by atoms with Crippen LogP contribution >= 0.6 is 0 Å². The van der Waals surface area contributed by atoms with Crippen molar-refractivity contribution in [2.45, 2.75) is 6.18 Å². The third-order valence-corrected chi connectivity index (χ3v) is 2.70. The zero-order valence-electron chi connectivity index (χ0n) is 11.4. The molecule has 1 N–H and O–H groups in total. The molecule has 0 saturated heterocycles. The summed E-state index contributed by atoms with van der Waals surface area (Å²) in [5.41, 5.74) is -0.249. The molecule has 0 aliphatic rings. The van der Waals surface area contributed by atoms with Crippen LogP contribution < -0.4 is 10.1 Å². The number of carbonyl (C=O) groups excluding carboxylic acids is 1. The Morgan fingerprint density at radius 3 is 2.36 bits per heavy atom. The third-order valence-electron chi connectivity index (χ3n) is 2.70. The number of hydrogen-bond acceptors (Lipinski definition) is 2. The Bertz CT molecular complexity index is 679. The van der Waals surface area contributed by atoms with Crippen LogP contribution in [0.2, 0.25) is 0 Å². The van der Waals surface area contributed by atoms with Gasteiger partial charge in [0.25, 0.3) is 0 Å². The summed E-state index contributed by atoms with van der Waals surface area (Å²) in [6, 6.07) is 10.8. The molecule has 0 bridgehead atoms. The molecule has 6 heteroatoms. The molecule has 0 fully saturated rings. The smallest absolute Gasteiger partial charge is 0.416 e. The minimum atomic E-state index is -4.38. The Hall–Kier alpha value is -2.76. The normalized spacial score (nSPS) is 10.9. The number of benzene rings is 2. The molecule has 0 spiro atoms. The maximum atomic E-state index is 12.5. The summed E-state index contributed by atoms with van der Waals surface area (Å²) in [6.45, 7) is 3.34. The predicted octanol–water partition coefficient (Wildman–Crippen LogP) is 4.62. The molecule has 2 rings (SSSR count). The van der Waals surface area contributed by atoms with E-state index >= 15 is 0 Å². The van der Waals surface area contributed by atoms with Crippen LogP contribution in [0.4, 0.5) is 18.9 Å². The number of anilines is 1. The quantitative estimate of drug-likeness (QED) is 0.837. The van der Waals surface area contributed by atoms with Crippen molar-refractivity contribution >= 4 is 11.6 Å². The van der Waals surface area contributed by atoms with Crippen LogP contribution in [0.1, 0.15) is 5.56 Å². The Labute approximate surface area is 125 Å². The summed E-state index contributed by atoms with van der Waals surface area (Å²) in [5, 5.41) is 2.56. The molecular weight excluding hydrogens is 295 g/mol. The molecule has 0 radical (unpaired) electrons. The number of carbonyl (C=O) groups is 1. The highest BCUT2D eigenvalue weighted by Gasteiger charge is 2.30. The van der Waals surface area contributed by atoms with E-state index in [1.165, 1.54) is 12.1 Å². The lowest BCUT2D eigenvalue weighted by Gasteiger charge is -2.10. The highest BCUT2D eigenvalue weighted by atomic mass is 19.4. The summed E-state index contributed by atoms with van der Waals surface area (Å²) < 4.78 is 42.9. The van der Waals surface area contributed by atoms with Gasteiger partial charge in [-0.3, -0.25) is 4.79 Å². The molecule has 0 heterocycles. The lowest BCUT2D eigenvalue weighted by atomic mass is 10.2. The monoisotopic (exact) mass is 307 g/mol. The topological polar surface area (TPSA) is 38.3 Å². The van der Waals surface area contributed by atoms with Gasteiger partial charge in [0.1, 0.15) is 11.5 Å². The Morgan fingerprint density at radius 1 is 1.09 bits per heavy atom. The number of ether oxygens (including phenoxy) is 1. The second kappa shape index (κ2) is 6.34. The zero-order valence-corrected chi connectivity index (χ0v) is 11.4. The molecule has 0 aliphatic carbocycles. The van der Waals surface area contributed by atoms with Gasteiger partial charge < -0.3 is 10.1 Å². The average molecular weight is 307 g/mol. The zero-order chi connectivity index (χ0) is 16.2. The van der Waals surface area contributed by atoms with Gasteiger partial charge in [0.05, 0.1) is 5.56 Å². The van der Waals surface area contributed by atoms with Crippen molar-refractivity contribution in [1.82, 2.24) is 0 Å². The van der Waals surface area contributed by atoms with Gasteiger partial charge in [-0.25, -0.2) is 0 Å². The number of amides is 1. The largest absolute Gasteiger partial charge is 0.457 e. The van der Waals surface area contributed by atoms with E-state index in [1.54, 1.807) is 24.3 Å². The average Bonchev–Trinajstić information content (AvgIpc) is 2.47. The Balaban J connectivity index is 2.12. The van der Waals surface area contributed by atoms with Gasteiger partial charge in [-0.2, -0.15) is 13.2 Å². The molecule has 0 unspecified atom stereocenters. The first kappa shape index (κ1) is 15.6. The van der Waals surface area contributed by atoms with E-state index in [0.717, 1.165) is 18.2 Å². The van der Waals surface area contributed by atoms with E-state index < -0.39 is 11.7 Å². The van der Waals surface area contributed by atoms with Crippen molar-refractivity contribution in [3.05, 3.63) is 66.7 Å². The molecule has 0 aromatic heterocycles. The maximum absolute atomic E-state index is 12.5. The van der Waals surface area contributed by atoms with Crippen LogP contribution in [0.25, 0.3) is 0 Å². The number of nitrogens with one attached hydrogen (secondary N) is 1. The Kier molecular flexibility index (Phi) is 4.50. The van der Waals surface area contributed by atoms with E-state index in [1.807, 2.05) is 0 Å². The number of alkyl halides is 3. The van der Waals surface area contributed by atoms with Gasteiger partial charge in [-0.1, -0.05) is 12.6 Å². The van der Waals surface area contributed by atoms with Gasteiger partial charge in [-0.15, -0.1) is 0 Å². The lowest BCUT2D eigenvalue weighted by Crippen LogP contribution is -2.07. The minimum Gasteiger partial charge on any atom is -0.457 e. The van der Waals surface area contributed by atoms with Crippen molar-refractivity contribution in [3.8, 4) is 11.5 Å². The van der Waals surface area contributed by atoms with Crippen LogP contribution in [0.5, 0.6) is 11.5 Å². The van der Waals surface area contributed by atoms with E-state index in [9.17, 15) is 18.0 Å². The summed E-state index contributed by atoms with van der Waals surface area (Å²) in [7, 11) is 0. The van der Waals surface area contributed by atoms with E-state index in [2.05, 4.69) is 11.9 Å². The van der Waals surface area contributed by atoms with Crippen LogP contribution in [0.15, 0.2) is 61.2 Å². The van der Waals surface area contributed by atoms with Crippen molar-refractivity contribution in [3.63, 3.8) is 0 Å².